The van der Waals surface area contributed by atoms with Gasteiger partial charge in [-0.1, -0.05) is 11.6 Å². The molecule has 0 spiro atoms. The Hall–Kier alpha value is -1.99. The van der Waals surface area contributed by atoms with E-state index in [9.17, 15) is 18.0 Å². The van der Waals surface area contributed by atoms with Crippen molar-refractivity contribution >= 4 is 23.2 Å². The number of quaternary nitrogens is 1. The predicted octanol–water partition coefficient (Wildman–Crippen LogP) is 3.21. The first-order valence-electron chi connectivity index (χ1n) is 6.80. The summed E-state index contributed by atoms with van der Waals surface area (Å²) >= 11 is 5.53. The minimum absolute atomic E-state index is 0.0470. The third kappa shape index (κ3) is 4.74. The van der Waals surface area contributed by atoms with Crippen LogP contribution in [0.5, 0.6) is 0 Å². The Labute approximate surface area is 135 Å². The van der Waals surface area contributed by atoms with Crippen LogP contribution in [-0.4, -0.2) is 12.5 Å². The van der Waals surface area contributed by atoms with Gasteiger partial charge in [-0.2, -0.15) is 13.2 Å². The number of benzene rings is 1. The Morgan fingerprint density at radius 2 is 2.13 bits per heavy atom. The van der Waals surface area contributed by atoms with Crippen LogP contribution in [-0.2, 0) is 11.0 Å². The lowest BCUT2D eigenvalue weighted by Gasteiger charge is -2.12. The van der Waals surface area contributed by atoms with Crippen molar-refractivity contribution in [3.63, 3.8) is 0 Å². The fraction of sp³-hybridized carbons (Fsp3) is 0.267. The number of nitrogens with one attached hydrogen (secondary N) is 1. The van der Waals surface area contributed by atoms with Crippen LogP contribution in [0.25, 0.3) is 0 Å². The van der Waals surface area contributed by atoms with Crippen LogP contribution in [0.4, 0.5) is 18.9 Å². The van der Waals surface area contributed by atoms with E-state index in [4.69, 9.17) is 16.0 Å². The van der Waals surface area contributed by atoms with Crippen LogP contribution < -0.4 is 10.6 Å². The van der Waals surface area contributed by atoms with Crippen molar-refractivity contribution in [2.75, 3.05) is 11.9 Å². The lowest BCUT2D eigenvalue weighted by Crippen LogP contribution is -2.86. The van der Waals surface area contributed by atoms with Crippen molar-refractivity contribution in [2.24, 2.45) is 0 Å². The van der Waals surface area contributed by atoms with Gasteiger partial charge in [0.25, 0.3) is 5.91 Å². The fourth-order valence-electron chi connectivity index (χ4n) is 1.98. The first-order chi connectivity index (χ1) is 10.8. The summed E-state index contributed by atoms with van der Waals surface area (Å²) in [6.45, 7) is 1.90. The second-order valence-corrected chi connectivity index (χ2v) is 5.39. The van der Waals surface area contributed by atoms with Gasteiger partial charge in [0.15, 0.2) is 12.3 Å². The standard InChI is InChI=1S/C15H14ClF3N2O2/c1-9(13-3-2-6-23-13)20-8-14(22)21-10-4-5-12(16)11(7-10)15(17,18)19/h2-7,9,20H,8H2,1H3,(H,21,22)/p+1/t9-/m0/s1. The smallest absolute Gasteiger partial charge is 0.417 e. The molecule has 0 radical (unpaired) electrons. The Morgan fingerprint density at radius 3 is 2.74 bits per heavy atom. The number of anilines is 1. The highest BCUT2D eigenvalue weighted by atomic mass is 35.5. The van der Waals surface area contributed by atoms with Crippen LogP contribution in [0, 0.1) is 0 Å². The molecule has 1 aromatic carbocycles. The number of furan rings is 1. The van der Waals surface area contributed by atoms with Gasteiger partial charge in [-0.25, -0.2) is 0 Å². The van der Waals surface area contributed by atoms with Gasteiger partial charge in [-0.3, -0.25) is 4.79 Å². The molecule has 8 heteroatoms. The van der Waals surface area contributed by atoms with E-state index in [-0.39, 0.29) is 18.3 Å². The predicted molar refractivity (Wildman–Crippen MR) is 79.0 cm³/mol. The summed E-state index contributed by atoms with van der Waals surface area (Å²) in [6.07, 6.45) is -3.04. The molecule has 124 valence electrons. The molecular formula is C15H15ClF3N2O2+. The molecular weight excluding hydrogens is 333 g/mol. The SMILES string of the molecule is C[C@H]([NH2+]CC(=O)Nc1ccc(Cl)c(C(F)(F)F)c1)c1ccco1. The summed E-state index contributed by atoms with van der Waals surface area (Å²) in [5.74, 6) is 0.294. The van der Waals surface area contributed by atoms with Crippen molar-refractivity contribution in [3.05, 3.63) is 52.9 Å². The van der Waals surface area contributed by atoms with E-state index in [1.807, 2.05) is 6.92 Å². The van der Waals surface area contributed by atoms with E-state index < -0.39 is 22.7 Å². The van der Waals surface area contributed by atoms with Crippen LogP contribution in [0.1, 0.15) is 24.3 Å². The Balaban J connectivity index is 1.95. The van der Waals surface area contributed by atoms with E-state index >= 15 is 0 Å². The number of carbonyl (C=O) groups excluding carboxylic acids is 1. The lowest BCUT2D eigenvalue weighted by atomic mass is 10.2. The van der Waals surface area contributed by atoms with Gasteiger partial charge in [0.1, 0.15) is 6.04 Å². The molecule has 1 atom stereocenters. The van der Waals surface area contributed by atoms with Crippen molar-refractivity contribution < 1.29 is 27.7 Å². The molecule has 0 aliphatic carbocycles. The van der Waals surface area contributed by atoms with E-state index in [0.29, 0.717) is 5.76 Å². The number of amides is 1. The van der Waals surface area contributed by atoms with Gasteiger partial charge in [-0.05, 0) is 37.3 Å². The summed E-state index contributed by atoms with van der Waals surface area (Å²) in [4.78, 5) is 11.8. The molecule has 23 heavy (non-hydrogen) atoms. The number of carbonyl (C=O) groups is 1. The molecule has 4 nitrogen and oxygen atoms in total. The molecule has 0 aliphatic rings. The van der Waals surface area contributed by atoms with Crippen molar-refractivity contribution in [2.45, 2.75) is 19.1 Å². The molecule has 1 heterocycles. The van der Waals surface area contributed by atoms with Crippen LogP contribution in [0.2, 0.25) is 5.02 Å². The first-order valence-corrected chi connectivity index (χ1v) is 7.18. The largest absolute Gasteiger partial charge is 0.463 e. The number of nitrogens with two attached hydrogens (primary N) is 1. The van der Waals surface area contributed by atoms with Gasteiger partial charge in [0.2, 0.25) is 0 Å². The van der Waals surface area contributed by atoms with Crippen molar-refractivity contribution in [3.8, 4) is 0 Å². The molecule has 2 rings (SSSR count). The highest BCUT2D eigenvalue weighted by Gasteiger charge is 2.33. The highest BCUT2D eigenvalue weighted by Crippen LogP contribution is 2.36. The van der Waals surface area contributed by atoms with E-state index in [0.717, 1.165) is 12.1 Å². The van der Waals surface area contributed by atoms with E-state index in [2.05, 4.69) is 5.32 Å². The van der Waals surface area contributed by atoms with E-state index in [1.165, 1.54) is 12.3 Å². The second kappa shape index (κ2) is 7.06. The molecule has 0 bridgehead atoms. The summed E-state index contributed by atoms with van der Waals surface area (Å²) in [7, 11) is 0. The molecule has 1 amide bonds. The van der Waals surface area contributed by atoms with Gasteiger partial charge in [0, 0.05) is 5.69 Å². The zero-order chi connectivity index (χ0) is 17.0. The van der Waals surface area contributed by atoms with Crippen LogP contribution in [0.3, 0.4) is 0 Å². The van der Waals surface area contributed by atoms with Gasteiger partial charge in [0.05, 0.1) is 16.8 Å². The number of alkyl halides is 3. The summed E-state index contributed by atoms with van der Waals surface area (Å²) in [6, 6.07) is 6.70. The number of hydrogen-bond donors (Lipinski definition) is 2. The van der Waals surface area contributed by atoms with Crippen LogP contribution >= 0.6 is 11.6 Å². The summed E-state index contributed by atoms with van der Waals surface area (Å²) in [5.41, 5.74) is -0.935. The first kappa shape index (κ1) is 17.4. The Bertz CT molecular complexity index is 672. The maximum absolute atomic E-state index is 12.8. The maximum atomic E-state index is 12.8. The molecule has 0 unspecified atom stereocenters. The lowest BCUT2D eigenvalue weighted by molar-refractivity contribution is -0.684. The van der Waals surface area contributed by atoms with Crippen molar-refractivity contribution in [1.82, 2.24) is 0 Å². The Kier molecular flexibility index (Phi) is 5.33. The summed E-state index contributed by atoms with van der Waals surface area (Å²) in [5, 5.41) is 3.73. The average Bonchev–Trinajstić information content (AvgIpc) is 3.00. The molecule has 0 saturated heterocycles. The fourth-order valence-corrected chi connectivity index (χ4v) is 2.21. The highest BCUT2D eigenvalue weighted by molar-refractivity contribution is 6.31. The normalized spacial score (nSPS) is 12.9. The van der Waals surface area contributed by atoms with Crippen LogP contribution in [0.15, 0.2) is 41.0 Å². The minimum Gasteiger partial charge on any atom is -0.463 e. The molecule has 2 aromatic rings. The third-order valence-corrected chi connectivity index (χ3v) is 3.53. The Morgan fingerprint density at radius 1 is 1.39 bits per heavy atom. The van der Waals surface area contributed by atoms with Gasteiger partial charge in [-0.15, -0.1) is 0 Å². The zero-order valence-electron chi connectivity index (χ0n) is 12.2. The third-order valence-electron chi connectivity index (χ3n) is 3.20. The average molecular weight is 348 g/mol. The number of hydrogen-bond acceptors (Lipinski definition) is 2. The second-order valence-electron chi connectivity index (χ2n) is 4.98. The molecule has 0 fully saturated rings. The quantitative estimate of drug-likeness (QED) is 0.872. The monoisotopic (exact) mass is 347 g/mol. The molecule has 0 saturated carbocycles. The van der Waals surface area contributed by atoms with Crippen molar-refractivity contribution in [1.29, 1.82) is 0 Å². The zero-order valence-corrected chi connectivity index (χ0v) is 12.9. The van der Waals surface area contributed by atoms with E-state index in [1.54, 1.807) is 17.4 Å². The summed E-state index contributed by atoms with van der Waals surface area (Å²) < 4.78 is 43.5. The topological polar surface area (TPSA) is 58.9 Å². The minimum atomic E-state index is -4.57. The molecule has 1 aromatic heterocycles. The molecule has 0 aliphatic heterocycles. The number of rotatable bonds is 5. The maximum Gasteiger partial charge on any atom is 0.417 e. The van der Waals surface area contributed by atoms with Gasteiger partial charge < -0.3 is 15.1 Å². The van der Waals surface area contributed by atoms with Gasteiger partial charge >= 0.3 is 6.18 Å². The number of halogens is 4. The molecule has 3 N–H and O–H groups in total.